The highest BCUT2D eigenvalue weighted by Gasteiger charge is 2.16. The highest BCUT2D eigenvalue weighted by atomic mass is 16.5. The lowest BCUT2D eigenvalue weighted by molar-refractivity contribution is 0.197. The minimum Gasteiger partial charge on any atom is -0.507 e. The molecule has 0 bridgehead atoms. The van der Waals surface area contributed by atoms with Gasteiger partial charge in [-0.05, 0) is 13.0 Å². The lowest BCUT2D eigenvalue weighted by Gasteiger charge is -2.31. The lowest BCUT2D eigenvalue weighted by atomic mass is 10.1. The van der Waals surface area contributed by atoms with Gasteiger partial charge in [-0.15, -0.1) is 0 Å². The van der Waals surface area contributed by atoms with Crippen LogP contribution in [0.4, 0.5) is 0 Å². The second-order valence-electron chi connectivity index (χ2n) is 4.58. The highest BCUT2D eigenvalue weighted by Crippen LogP contribution is 2.24. The SMILES string of the molecule is COc1ccc(CN2CCNC(C)C2)c(O)c1. The number of phenolic OH excluding ortho intramolecular Hbond substituents is 1. The highest BCUT2D eigenvalue weighted by molar-refractivity contribution is 5.39. The predicted molar refractivity (Wildman–Crippen MR) is 67.4 cm³/mol. The van der Waals surface area contributed by atoms with Crippen molar-refractivity contribution in [2.45, 2.75) is 19.5 Å². The molecule has 0 amide bonds. The summed E-state index contributed by atoms with van der Waals surface area (Å²) in [5.41, 5.74) is 0.958. The van der Waals surface area contributed by atoms with Crippen molar-refractivity contribution in [3.8, 4) is 11.5 Å². The fourth-order valence-corrected chi connectivity index (χ4v) is 2.20. The van der Waals surface area contributed by atoms with E-state index in [1.54, 1.807) is 13.2 Å². The molecule has 1 heterocycles. The molecule has 94 valence electrons. The van der Waals surface area contributed by atoms with Crippen molar-refractivity contribution in [2.75, 3.05) is 26.7 Å². The average molecular weight is 236 g/mol. The molecular formula is C13H20N2O2. The van der Waals surface area contributed by atoms with Crippen LogP contribution in [0.1, 0.15) is 12.5 Å². The first-order valence-corrected chi connectivity index (χ1v) is 6.00. The molecule has 1 aliphatic rings. The molecule has 1 aliphatic heterocycles. The van der Waals surface area contributed by atoms with Gasteiger partial charge in [-0.25, -0.2) is 0 Å². The van der Waals surface area contributed by atoms with Crippen molar-refractivity contribution < 1.29 is 9.84 Å². The van der Waals surface area contributed by atoms with Gasteiger partial charge in [0, 0.05) is 43.9 Å². The first-order chi connectivity index (χ1) is 8.19. The van der Waals surface area contributed by atoms with Gasteiger partial charge in [0.05, 0.1) is 7.11 Å². The van der Waals surface area contributed by atoms with E-state index in [9.17, 15) is 5.11 Å². The first-order valence-electron chi connectivity index (χ1n) is 6.00. The van der Waals surface area contributed by atoms with E-state index >= 15 is 0 Å². The summed E-state index contributed by atoms with van der Waals surface area (Å²) in [5.74, 6) is 1.01. The molecule has 1 aromatic carbocycles. The molecule has 1 unspecified atom stereocenters. The third-order valence-corrected chi connectivity index (χ3v) is 3.14. The van der Waals surface area contributed by atoms with Gasteiger partial charge in [-0.3, -0.25) is 4.90 Å². The Hall–Kier alpha value is -1.26. The van der Waals surface area contributed by atoms with Gasteiger partial charge < -0.3 is 15.2 Å². The molecular weight excluding hydrogens is 216 g/mol. The molecule has 0 spiro atoms. The monoisotopic (exact) mass is 236 g/mol. The molecule has 17 heavy (non-hydrogen) atoms. The Balaban J connectivity index is 2.02. The van der Waals surface area contributed by atoms with Crippen molar-refractivity contribution in [2.24, 2.45) is 0 Å². The van der Waals surface area contributed by atoms with E-state index < -0.39 is 0 Å². The second kappa shape index (κ2) is 5.38. The van der Waals surface area contributed by atoms with Crippen LogP contribution in [-0.2, 0) is 6.54 Å². The molecule has 1 aromatic rings. The quantitative estimate of drug-likeness (QED) is 0.827. The van der Waals surface area contributed by atoms with Crippen LogP contribution in [0.5, 0.6) is 11.5 Å². The van der Waals surface area contributed by atoms with E-state index in [2.05, 4.69) is 17.1 Å². The van der Waals surface area contributed by atoms with Gasteiger partial charge in [-0.2, -0.15) is 0 Å². The number of aromatic hydroxyl groups is 1. The Morgan fingerprint density at radius 3 is 3.00 bits per heavy atom. The van der Waals surface area contributed by atoms with Gasteiger partial charge >= 0.3 is 0 Å². The molecule has 0 aliphatic carbocycles. The minimum absolute atomic E-state index is 0.315. The van der Waals surface area contributed by atoms with Crippen LogP contribution in [-0.4, -0.2) is 42.8 Å². The summed E-state index contributed by atoms with van der Waals surface area (Å²) < 4.78 is 5.07. The Kier molecular flexibility index (Phi) is 3.86. The summed E-state index contributed by atoms with van der Waals surface area (Å²) in [6.07, 6.45) is 0. The van der Waals surface area contributed by atoms with Crippen molar-refractivity contribution in [1.29, 1.82) is 0 Å². The van der Waals surface area contributed by atoms with Crippen LogP contribution in [0, 0.1) is 0 Å². The van der Waals surface area contributed by atoms with Gasteiger partial charge in [0.2, 0.25) is 0 Å². The zero-order chi connectivity index (χ0) is 12.3. The normalized spacial score (nSPS) is 21.4. The Morgan fingerprint density at radius 2 is 2.35 bits per heavy atom. The number of ether oxygens (including phenoxy) is 1. The standard InChI is InChI=1S/C13H20N2O2/c1-10-8-15(6-5-14-10)9-11-3-4-12(17-2)7-13(11)16/h3-4,7,10,14,16H,5-6,8-9H2,1-2H3. The second-order valence-corrected chi connectivity index (χ2v) is 4.58. The molecule has 0 saturated carbocycles. The molecule has 1 saturated heterocycles. The molecule has 2 rings (SSSR count). The maximum Gasteiger partial charge on any atom is 0.123 e. The third-order valence-electron chi connectivity index (χ3n) is 3.14. The van der Waals surface area contributed by atoms with E-state index in [1.807, 2.05) is 12.1 Å². The van der Waals surface area contributed by atoms with Crippen LogP contribution < -0.4 is 10.1 Å². The van der Waals surface area contributed by atoms with E-state index in [1.165, 1.54) is 0 Å². The number of phenols is 1. The molecule has 2 N–H and O–H groups in total. The molecule has 0 aromatic heterocycles. The van der Waals surface area contributed by atoms with E-state index in [0.29, 0.717) is 17.5 Å². The Morgan fingerprint density at radius 1 is 1.53 bits per heavy atom. The van der Waals surface area contributed by atoms with Crippen molar-refractivity contribution in [3.63, 3.8) is 0 Å². The van der Waals surface area contributed by atoms with Crippen LogP contribution >= 0.6 is 0 Å². The van der Waals surface area contributed by atoms with Gasteiger partial charge in [-0.1, -0.05) is 6.07 Å². The minimum atomic E-state index is 0.315. The summed E-state index contributed by atoms with van der Waals surface area (Å²) in [4.78, 5) is 2.35. The Labute approximate surface area is 102 Å². The zero-order valence-corrected chi connectivity index (χ0v) is 10.4. The lowest BCUT2D eigenvalue weighted by Crippen LogP contribution is -2.48. The average Bonchev–Trinajstić information content (AvgIpc) is 2.32. The molecule has 4 nitrogen and oxygen atoms in total. The van der Waals surface area contributed by atoms with Crippen LogP contribution in [0.15, 0.2) is 18.2 Å². The van der Waals surface area contributed by atoms with Gasteiger partial charge in [0.1, 0.15) is 11.5 Å². The number of benzene rings is 1. The zero-order valence-electron chi connectivity index (χ0n) is 10.4. The number of nitrogens with one attached hydrogen (secondary N) is 1. The van der Waals surface area contributed by atoms with Crippen molar-refractivity contribution >= 4 is 0 Å². The van der Waals surface area contributed by atoms with Gasteiger partial charge in [0.15, 0.2) is 0 Å². The fraction of sp³-hybridized carbons (Fsp3) is 0.538. The summed E-state index contributed by atoms with van der Waals surface area (Å²) in [6, 6.07) is 6.01. The number of methoxy groups -OCH3 is 1. The predicted octanol–water partition coefficient (Wildman–Crippen LogP) is 1.19. The molecule has 1 fully saturated rings. The van der Waals surface area contributed by atoms with Gasteiger partial charge in [0.25, 0.3) is 0 Å². The number of piperazine rings is 1. The summed E-state index contributed by atoms with van der Waals surface area (Å²) in [7, 11) is 1.60. The number of hydrogen-bond acceptors (Lipinski definition) is 4. The molecule has 1 atom stereocenters. The number of nitrogens with zero attached hydrogens (tertiary/aromatic N) is 1. The fourth-order valence-electron chi connectivity index (χ4n) is 2.20. The topological polar surface area (TPSA) is 44.7 Å². The summed E-state index contributed by atoms with van der Waals surface area (Å²) in [6.45, 7) is 6.03. The number of rotatable bonds is 3. The smallest absolute Gasteiger partial charge is 0.123 e. The third kappa shape index (κ3) is 3.11. The maximum atomic E-state index is 9.90. The van der Waals surface area contributed by atoms with E-state index in [-0.39, 0.29) is 0 Å². The maximum absolute atomic E-state index is 9.90. The van der Waals surface area contributed by atoms with Crippen LogP contribution in [0.25, 0.3) is 0 Å². The number of hydrogen-bond donors (Lipinski definition) is 2. The van der Waals surface area contributed by atoms with E-state index in [4.69, 9.17) is 4.74 Å². The molecule has 0 radical (unpaired) electrons. The summed E-state index contributed by atoms with van der Waals surface area (Å²) in [5, 5.41) is 13.3. The van der Waals surface area contributed by atoms with Crippen LogP contribution in [0.2, 0.25) is 0 Å². The van der Waals surface area contributed by atoms with Crippen molar-refractivity contribution in [3.05, 3.63) is 23.8 Å². The molecule has 4 heteroatoms. The van der Waals surface area contributed by atoms with Crippen LogP contribution in [0.3, 0.4) is 0 Å². The van der Waals surface area contributed by atoms with E-state index in [0.717, 1.165) is 31.7 Å². The summed E-state index contributed by atoms with van der Waals surface area (Å²) >= 11 is 0. The largest absolute Gasteiger partial charge is 0.507 e. The first kappa shape index (κ1) is 12.2. The Bertz CT molecular complexity index is 382. The van der Waals surface area contributed by atoms with Crippen molar-refractivity contribution in [1.82, 2.24) is 10.2 Å².